The van der Waals surface area contributed by atoms with Gasteiger partial charge in [-0.15, -0.1) is 0 Å². The summed E-state index contributed by atoms with van der Waals surface area (Å²) < 4.78 is 72.5. The maximum atomic E-state index is 12.1. The van der Waals surface area contributed by atoms with Gasteiger partial charge in [0.05, 0.1) is 11.8 Å². The van der Waals surface area contributed by atoms with Gasteiger partial charge in [-0.25, -0.2) is 0 Å². The van der Waals surface area contributed by atoms with Crippen LogP contribution in [0, 0.1) is 17.8 Å². The summed E-state index contributed by atoms with van der Waals surface area (Å²) in [5.41, 5.74) is 0. The van der Waals surface area contributed by atoms with Crippen molar-refractivity contribution in [3.05, 3.63) is 0 Å². The van der Waals surface area contributed by atoms with Gasteiger partial charge in [0, 0.05) is 0 Å². The van der Waals surface area contributed by atoms with Crippen molar-refractivity contribution >= 4 is 0 Å². The van der Waals surface area contributed by atoms with Crippen molar-refractivity contribution in [1.82, 2.24) is 0 Å². The summed E-state index contributed by atoms with van der Waals surface area (Å²) in [7, 11) is 0. The molecule has 0 aliphatic rings. The quantitative estimate of drug-likeness (QED) is 0.619. The van der Waals surface area contributed by atoms with Crippen molar-refractivity contribution < 1.29 is 26.3 Å². The summed E-state index contributed by atoms with van der Waals surface area (Å²) in [4.78, 5) is 0. The van der Waals surface area contributed by atoms with E-state index in [0.29, 0.717) is 0 Å². The molecular formula is C8H12F6. The lowest BCUT2D eigenvalue weighted by Gasteiger charge is -2.29. The molecule has 0 heterocycles. The average Bonchev–Trinajstić information content (AvgIpc) is 1.97. The van der Waals surface area contributed by atoms with Crippen molar-refractivity contribution in [2.45, 2.75) is 33.1 Å². The van der Waals surface area contributed by atoms with E-state index < -0.39 is 30.1 Å². The number of rotatable bonds is 2. The second-order valence-corrected chi connectivity index (χ2v) is 3.52. The summed E-state index contributed by atoms with van der Waals surface area (Å²) in [5, 5.41) is 0. The summed E-state index contributed by atoms with van der Waals surface area (Å²) in [6.45, 7) is 2.51. The van der Waals surface area contributed by atoms with Gasteiger partial charge in [0.2, 0.25) is 0 Å². The molecule has 0 amide bonds. The molecule has 86 valence electrons. The second kappa shape index (κ2) is 3.98. The highest BCUT2D eigenvalue weighted by Crippen LogP contribution is 2.40. The molecule has 14 heavy (non-hydrogen) atoms. The van der Waals surface area contributed by atoms with Crippen LogP contribution in [-0.2, 0) is 0 Å². The van der Waals surface area contributed by atoms with Crippen molar-refractivity contribution in [3.8, 4) is 0 Å². The number of halogens is 6. The third kappa shape index (κ3) is 3.38. The Hall–Kier alpha value is -0.420. The van der Waals surface area contributed by atoms with Crippen LogP contribution in [0.3, 0.4) is 0 Å². The molecule has 2 atom stereocenters. The molecule has 0 aromatic rings. The van der Waals surface area contributed by atoms with Crippen LogP contribution < -0.4 is 0 Å². The van der Waals surface area contributed by atoms with Crippen LogP contribution in [0.2, 0.25) is 0 Å². The Labute approximate surface area is 78.3 Å². The highest BCUT2D eigenvalue weighted by molar-refractivity contribution is 4.77. The fourth-order valence-electron chi connectivity index (χ4n) is 1.03. The number of alkyl halides is 6. The van der Waals surface area contributed by atoms with E-state index >= 15 is 0 Å². The highest BCUT2D eigenvalue weighted by atomic mass is 19.4. The van der Waals surface area contributed by atoms with E-state index in [9.17, 15) is 26.3 Å². The Bertz CT molecular complexity index is 159. The zero-order valence-corrected chi connectivity index (χ0v) is 8.00. The molecule has 0 aliphatic heterocycles. The van der Waals surface area contributed by atoms with Crippen molar-refractivity contribution in [3.63, 3.8) is 0 Å². The fraction of sp³-hybridized carbons (Fsp3) is 1.00. The Morgan fingerprint density at radius 3 is 1.00 bits per heavy atom. The Morgan fingerprint density at radius 1 is 0.643 bits per heavy atom. The molecule has 0 spiro atoms. The molecule has 0 saturated heterocycles. The predicted molar refractivity (Wildman–Crippen MR) is 39.6 cm³/mol. The maximum Gasteiger partial charge on any atom is 0.391 e. The van der Waals surface area contributed by atoms with Crippen molar-refractivity contribution in [1.29, 1.82) is 0 Å². The van der Waals surface area contributed by atoms with E-state index in [4.69, 9.17) is 0 Å². The molecule has 0 aromatic carbocycles. The van der Waals surface area contributed by atoms with Gasteiger partial charge in [-0.3, -0.25) is 0 Å². The fourth-order valence-corrected chi connectivity index (χ4v) is 1.03. The van der Waals surface area contributed by atoms with E-state index in [1.165, 1.54) is 0 Å². The van der Waals surface area contributed by atoms with Gasteiger partial charge >= 0.3 is 12.4 Å². The minimum absolute atomic E-state index is 0.771. The van der Waals surface area contributed by atoms with Gasteiger partial charge in [-0.2, -0.15) is 26.3 Å². The average molecular weight is 222 g/mol. The van der Waals surface area contributed by atoms with Gasteiger partial charge in [0.25, 0.3) is 0 Å². The molecule has 6 heteroatoms. The molecule has 0 N–H and O–H groups in total. The number of hydrogen-bond acceptors (Lipinski definition) is 0. The van der Waals surface area contributed by atoms with Gasteiger partial charge in [-0.1, -0.05) is 20.8 Å². The third-order valence-electron chi connectivity index (χ3n) is 2.61. The van der Waals surface area contributed by atoms with Crippen LogP contribution in [0.15, 0.2) is 0 Å². The molecular weight excluding hydrogens is 210 g/mol. The lowest BCUT2D eigenvalue weighted by atomic mass is 9.84. The van der Waals surface area contributed by atoms with E-state index in [2.05, 4.69) is 0 Å². The van der Waals surface area contributed by atoms with Gasteiger partial charge in [0.1, 0.15) is 0 Å². The molecule has 0 saturated carbocycles. The molecule has 0 aliphatic carbocycles. The van der Waals surface area contributed by atoms with Crippen molar-refractivity contribution in [2.24, 2.45) is 17.8 Å². The van der Waals surface area contributed by atoms with Crippen LogP contribution in [0.1, 0.15) is 20.8 Å². The predicted octanol–water partition coefficient (Wildman–Crippen LogP) is 4.02. The Kier molecular flexibility index (Phi) is 3.86. The summed E-state index contributed by atoms with van der Waals surface area (Å²) in [6, 6.07) is 0. The topological polar surface area (TPSA) is 0 Å². The van der Waals surface area contributed by atoms with Crippen LogP contribution in [0.4, 0.5) is 26.3 Å². The van der Waals surface area contributed by atoms with Crippen LogP contribution in [0.25, 0.3) is 0 Å². The standard InChI is InChI=1S/C8H12F6/c1-4(5(2)7(9,10)11)6(3)8(12,13)14/h4-6H,1-3H3. The highest BCUT2D eigenvalue weighted by Gasteiger charge is 2.48. The first-order valence-electron chi connectivity index (χ1n) is 4.11. The lowest BCUT2D eigenvalue weighted by Crippen LogP contribution is -2.35. The molecule has 0 radical (unpaired) electrons. The van der Waals surface area contributed by atoms with Crippen LogP contribution in [0.5, 0.6) is 0 Å². The molecule has 0 bridgehead atoms. The summed E-state index contributed by atoms with van der Waals surface area (Å²) in [5.74, 6) is -5.35. The SMILES string of the molecule is CC(C(C)C(F)(F)F)C(C)C(F)(F)F. The van der Waals surface area contributed by atoms with Gasteiger partial charge < -0.3 is 0 Å². The number of hydrogen-bond donors (Lipinski definition) is 0. The summed E-state index contributed by atoms with van der Waals surface area (Å²) >= 11 is 0. The Morgan fingerprint density at radius 2 is 0.857 bits per heavy atom. The van der Waals surface area contributed by atoms with E-state index in [-0.39, 0.29) is 0 Å². The van der Waals surface area contributed by atoms with E-state index in [1.807, 2.05) is 0 Å². The lowest BCUT2D eigenvalue weighted by molar-refractivity contribution is -0.222. The second-order valence-electron chi connectivity index (χ2n) is 3.52. The molecule has 0 rings (SSSR count). The first-order valence-corrected chi connectivity index (χ1v) is 4.11. The van der Waals surface area contributed by atoms with Crippen LogP contribution in [-0.4, -0.2) is 12.4 Å². The minimum atomic E-state index is -4.57. The molecule has 0 fully saturated rings. The normalized spacial score (nSPS) is 20.4. The Balaban J connectivity index is 4.56. The first kappa shape index (κ1) is 13.6. The summed E-state index contributed by atoms with van der Waals surface area (Å²) in [6.07, 6.45) is -9.14. The smallest absolute Gasteiger partial charge is 0.171 e. The first-order chi connectivity index (χ1) is 5.98. The molecule has 0 aromatic heterocycles. The third-order valence-corrected chi connectivity index (χ3v) is 2.61. The van der Waals surface area contributed by atoms with E-state index in [0.717, 1.165) is 20.8 Å². The zero-order chi connectivity index (χ0) is 11.7. The zero-order valence-electron chi connectivity index (χ0n) is 8.00. The molecule has 0 nitrogen and oxygen atoms in total. The van der Waals surface area contributed by atoms with Crippen LogP contribution >= 0.6 is 0 Å². The van der Waals surface area contributed by atoms with Gasteiger partial charge in [-0.05, 0) is 5.92 Å². The molecule has 2 unspecified atom stereocenters. The largest absolute Gasteiger partial charge is 0.391 e. The van der Waals surface area contributed by atoms with Gasteiger partial charge in [0.15, 0.2) is 0 Å². The van der Waals surface area contributed by atoms with Crippen molar-refractivity contribution in [2.75, 3.05) is 0 Å². The monoisotopic (exact) mass is 222 g/mol. The van der Waals surface area contributed by atoms with E-state index in [1.54, 1.807) is 0 Å². The minimum Gasteiger partial charge on any atom is -0.171 e. The maximum absolute atomic E-state index is 12.1.